The maximum Gasteiger partial charge on any atom is 0.408 e. The Bertz CT molecular complexity index is 425. The largest absolute Gasteiger partial charge is 0.408 e. The Kier molecular flexibility index (Phi) is 3.87. The Morgan fingerprint density at radius 1 is 1.42 bits per heavy atom. The van der Waals surface area contributed by atoms with Crippen LogP contribution in [0.15, 0.2) is 12.4 Å². The average Bonchev–Trinajstić information content (AvgIpc) is 2.61. The molecule has 1 aliphatic rings. The minimum Gasteiger partial charge on any atom is -0.309 e. The van der Waals surface area contributed by atoms with Gasteiger partial charge < -0.3 is 5.32 Å². The molecule has 1 N–H and O–H groups in total. The van der Waals surface area contributed by atoms with Gasteiger partial charge in [-0.25, -0.2) is 0 Å². The lowest BCUT2D eigenvalue weighted by atomic mass is 10.0. The highest BCUT2D eigenvalue weighted by atomic mass is 19.4. The third-order valence-electron chi connectivity index (χ3n) is 3.08. The molecule has 1 aromatic rings. The van der Waals surface area contributed by atoms with Crippen molar-refractivity contribution in [1.82, 2.24) is 20.0 Å². The van der Waals surface area contributed by atoms with Gasteiger partial charge in [0.2, 0.25) is 0 Å². The number of nitrogens with one attached hydrogen (secondary N) is 1. The fraction of sp³-hybridized carbons (Fsp3) is 0.750. The summed E-state index contributed by atoms with van der Waals surface area (Å²) in [6.45, 7) is 6.51. The first-order chi connectivity index (χ1) is 8.73. The molecule has 1 aliphatic heterocycles. The molecular formula is C12H19F3N4. The topological polar surface area (TPSA) is 33.1 Å². The van der Waals surface area contributed by atoms with E-state index in [-0.39, 0.29) is 5.54 Å². The summed E-state index contributed by atoms with van der Waals surface area (Å²) in [5.41, 5.74) is 0.863. The van der Waals surface area contributed by atoms with Gasteiger partial charge in [-0.1, -0.05) is 0 Å². The summed E-state index contributed by atoms with van der Waals surface area (Å²) in [5, 5.41) is 7.16. The quantitative estimate of drug-likeness (QED) is 0.911. The molecule has 108 valence electrons. The SMILES string of the molecule is CC1(C)CN(Cc2cnn(CC(F)(F)F)c2)CCN1. The van der Waals surface area contributed by atoms with Crippen LogP contribution in [0.4, 0.5) is 13.2 Å². The lowest BCUT2D eigenvalue weighted by Gasteiger charge is -2.38. The van der Waals surface area contributed by atoms with Crippen molar-refractivity contribution in [2.75, 3.05) is 19.6 Å². The van der Waals surface area contributed by atoms with Gasteiger partial charge in [0.05, 0.1) is 6.20 Å². The summed E-state index contributed by atoms with van der Waals surface area (Å²) in [6.07, 6.45) is -1.23. The molecule has 0 atom stereocenters. The Balaban J connectivity index is 1.93. The third-order valence-corrected chi connectivity index (χ3v) is 3.08. The summed E-state index contributed by atoms with van der Waals surface area (Å²) in [7, 11) is 0. The average molecular weight is 276 g/mol. The molecule has 2 rings (SSSR count). The maximum atomic E-state index is 12.2. The minimum absolute atomic E-state index is 0.0419. The predicted molar refractivity (Wildman–Crippen MR) is 65.6 cm³/mol. The second kappa shape index (κ2) is 5.13. The molecule has 0 saturated carbocycles. The highest BCUT2D eigenvalue weighted by Gasteiger charge is 2.29. The number of halogens is 3. The second-order valence-electron chi connectivity index (χ2n) is 5.68. The van der Waals surface area contributed by atoms with Crippen LogP contribution in [0.2, 0.25) is 0 Å². The molecule has 0 amide bonds. The van der Waals surface area contributed by atoms with E-state index in [1.165, 1.54) is 12.4 Å². The summed E-state index contributed by atoms with van der Waals surface area (Å²) >= 11 is 0. The van der Waals surface area contributed by atoms with Gasteiger partial charge in [-0.2, -0.15) is 18.3 Å². The molecule has 2 heterocycles. The summed E-state index contributed by atoms with van der Waals surface area (Å²) < 4.78 is 37.6. The molecule has 1 saturated heterocycles. The number of hydrogen-bond acceptors (Lipinski definition) is 3. The maximum absolute atomic E-state index is 12.2. The normalized spacial score (nSPS) is 20.7. The molecule has 0 radical (unpaired) electrons. The van der Waals surface area contributed by atoms with Gasteiger partial charge in [0, 0.05) is 43.5 Å². The van der Waals surface area contributed by atoms with Gasteiger partial charge in [-0.15, -0.1) is 0 Å². The Morgan fingerprint density at radius 2 is 2.16 bits per heavy atom. The van der Waals surface area contributed by atoms with Crippen LogP contribution in [0.3, 0.4) is 0 Å². The summed E-state index contributed by atoms with van der Waals surface area (Å²) in [5.74, 6) is 0. The van der Waals surface area contributed by atoms with Gasteiger partial charge in [-0.3, -0.25) is 9.58 Å². The zero-order valence-electron chi connectivity index (χ0n) is 11.2. The fourth-order valence-corrected chi connectivity index (χ4v) is 2.40. The molecular weight excluding hydrogens is 257 g/mol. The first kappa shape index (κ1) is 14.3. The van der Waals surface area contributed by atoms with Crippen LogP contribution < -0.4 is 5.32 Å². The van der Waals surface area contributed by atoms with Crippen molar-refractivity contribution < 1.29 is 13.2 Å². The molecule has 0 aromatic carbocycles. The number of aromatic nitrogens is 2. The highest BCUT2D eigenvalue weighted by molar-refractivity contribution is 5.05. The van der Waals surface area contributed by atoms with Crippen LogP contribution in [0.5, 0.6) is 0 Å². The number of alkyl halides is 3. The lowest BCUT2D eigenvalue weighted by molar-refractivity contribution is -0.142. The summed E-state index contributed by atoms with van der Waals surface area (Å²) in [6, 6.07) is 0. The van der Waals surface area contributed by atoms with Crippen molar-refractivity contribution >= 4 is 0 Å². The molecule has 0 spiro atoms. The molecule has 0 aliphatic carbocycles. The lowest BCUT2D eigenvalue weighted by Crippen LogP contribution is -2.56. The van der Waals surface area contributed by atoms with Crippen molar-refractivity contribution in [2.45, 2.75) is 38.7 Å². The van der Waals surface area contributed by atoms with E-state index in [1.54, 1.807) is 0 Å². The number of rotatable bonds is 3. The molecule has 1 fully saturated rings. The number of hydrogen-bond donors (Lipinski definition) is 1. The predicted octanol–water partition coefficient (Wildman–Crippen LogP) is 1.63. The Labute approximate surface area is 110 Å². The van der Waals surface area contributed by atoms with Gasteiger partial charge in [0.15, 0.2) is 0 Å². The standard InChI is InChI=1S/C12H19F3N4/c1-11(2)8-18(4-3-16-11)6-10-5-17-19(7-10)9-12(13,14)15/h5,7,16H,3-4,6,8-9H2,1-2H3. The first-order valence-electron chi connectivity index (χ1n) is 6.29. The molecule has 0 unspecified atom stereocenters. The van der Waals surface area contributed by atoms with Crippen molar-refractivity contribution in [1.29, 1.82) is 0 Å². The van der Waals surface area contributed by atoms with E-state index >= 15 is 0 Å². The third kappa shape index (κ3) is 4.50. The number of nitrogens with zero attached hydrogens (tertiary/aromatic N) is 3. The van der Waals surface area contributed by atoms with Gasteiger partial charge in [0.1, 0.15) is 6.54 Å². The van der Waals surface area contributed by atoms with E-state index < -0.39 is 12.7 Å². The van der Waals surface area contributed by atoms with Crippen LogP contribution in [-0.4, -0.2) is 46.0 Å². The molecule has 4 nitrogen and oxygen atoms in total. The van der Waals surface area contributed by atoms with Gasteiger partial charge in [-0.05, 0) is 13.8 Å². The van der Waals surface area contributed by atoms with E-state index in [4.69, 9.17) is 0 Å². The number of piperazine rings is 1. The Hall–Kier alpha value is -1.08. The first-order valence-corrected chi connectivity index (χ1v) is 6.29. The molecule has 7 heteroatoms. The van der Waals surface area contributed by atoms with E-state index in [0.717, 1.165) is 29.9 Å². The van der Waals surface area contributed by atoms with Crippen molar-refractivity contribution in [3.8, 4) is 0 Å². The van der Waals surface area contributed by atoms with E-state index in [9.17, 15) is 13.2 Å². The molecule has 0 bridgehead atoms. The van der Waals surface area contributed by atoms with Crippen molar-refractivity contribution in [3.05, 3.63) is 18.0 Å². The van der Waals surface area contributed by atoms with Crippen molar-refractivity contribution in [2.24, 2.45) is 0 Å². The minimum atomic E-state index is -4.22. The summed E-state index contributed by atoms with van der Waals surface area (Å²) in [4.78, 5) is 2.23. The van der Waals surface area contributed by atoms with Crippen molar-refractivity contribution in [3.63, 3.8) is 0 Å². The molecule has 1 aromatic heterocycles. The van der Waals surface area contributed by atoms with Gasteiger partial charge >= 0.3 is 6.18 Å². The second-order valence-corrected chi connectivity index (χ2v) is 5.68. The Morgan fingerprint density at radius 3 is 2.79 bits per heavy atom. The smallest absolute Gasteiger partial charge is 0.309 e. The van der Waals surface area contributed by atoms with Crippen LogP contribution in [0.1, 0.15) is 19.4 Å². The zero-order chi connectivity index (χ0) is 14.1. The van der Waals surface area contributed by atoms with Crippen LogP contribution in [-0.2, 0) is 13.1 Å². The zero-order valence-corrected chi connectivity index (χ0v) is 11.2. The van der Waals surface area contributed by atoms with E-state index in [0.29, 0.717) is 6.54 Å². The monoisotopic (exact) mass is 276 g/mol. The van der Waals surface area contributed by atoms with Crippen LogP contribution in [0.25, 0.3) is 0 Å². The highest BCUT2D eigenvalue weighted by Crippen LogP contribution is 2.18. The molecule has 19 heavy (non-hydrogen) atoms. The fourth-order valence-electron chi connectivity index (χ4n) is 2.40. The van der Waals surface area contributed by atoms with E-state index in [2.05, 4.69) is 29.2 Å². The van der Waals surface area contributed by atoms with Crippen LogP contribution >= 0.6 is 0 Å². The van der Waals surface area contributed by atoms with E-state index in [1.807, 2.05) is 0 Å². The van der Waals surface area contributed by atoms with Crippen LogP contribution in [0, 0.1) is 0 Å². The van der Waals surface area contributed by atoms with Gasteiger partial charge in [0.25, 0.3) is 0 Å².